The van der Waals surface area contributed by atoms with Crippen LogP contribution in [0.2, 0.25) is 5.02 Å². The molecule has 0 atom stereocenters. The van der Waals surface area contributed by atoms with Gasteiger partial charge in [-0.1, -0.05) is 17.7 Å². The van der Waals surface area contributed by atoms with E-state index in [0.29, 0.717) is 18.1 Å². The van der Waals surface area contributed by atoms with Crippen molar-refractivity contribution in [2.45, 2.75) is 0 Å². The van der Waals surface area contributed by atoms with E-state index in [1.165, 1.54) is 12.1 Å². The summed E-state index contributed by atoms with van der Waals surface area (Å²) in [5.41, 5.74) is 1.87. The molecule has 0 bridgehead atoms. The van der Waals surface area contributed by atoms with E-state index < -0.39 is 4.92 Å². The van der Waals surface area contributed by atoms with Crippen LogP contribution in [0.1, 0.15) is 5.56 Å². The van der Waals surface area contributed by atoms with E-state index in [1.807, 2.05) is 24.3 Å². The summed E-state index contributed by atoms with van der Waals surface area (Å²) >= 11 is 5.88. The Labute approximate surface area is 127 Å². The Balaban J connectivity index is 1.79. The molecule has 0 aromatic heterocycles. The summed E-state index contributed by atoms with van der Waals surface area (Å²) in [5.74, 6) is 0. The predicted octanol–water partition coefficient (Wildman–Crippen LogP) is 3.78. The van der Waals surface area contributed by atoms with Crippen LogP contribution < -0.4 is 5.32 Å². The van der Waals surface area contributed by atoms with Crippen molar-refractivity contribution >= 4 is 29.2 Å². The second kappa shape index (κ2) is 7.40. The molecular weight excluding hydrogens is 290 g/mol. The van der Waals surface area contributed by atoms with E-state index in [4.69, 9.17) is 11.6 Å². The van der Waals surface area contributed by atoms with Crippen LogP contribution in [-0.2, 0) is 0 Å². The molecule has 0 aliphatic heterocycles. The number of rotatable bonds is 6. The van der Waals surface area contributed by atoms with Crippen LogP contribution in [0.25, 0.3) is 0 Å². The van der Waals surface area contributed by atoms with E-state index >= 15 is 0 Å². The van der Waals surface area contributed by atoms with Crippen LogP contribution in [-0.4, -0.2) is 24.2 Å². The lowest BCUT2D eigenvalue weighted by Gasteiger charge is -2.04. The number of benzene rings is 2. The first-order valence-electron chi connectivity index (χ1n) is 6.39. The topological polar surface area (TPSA) is 67.5 Å². The number of non-ortho nitro benzene ring substituents is 1. The van der Waals surface area contributed by atoms with Gasteiger partial charge >= 0.3 is 0 Å². The normalized spacial score (nSPS) is 10.7. The minimum atomic E-state index is -0.421. The van der Waals surface area contributed by atoms with Gasteiger partial charge in [-0.2, -0.15) is 0 Å². The van der Waals surface area contributed by atoms with Crippen molar-refractivity contribution in [3.05, 3.63) is 69.2 Å². The first kappa shape index (κ1) is 15.0. The maximum absolute atomic E-state index is 10.5. The van der Waals surface area contributed by atoms with E-state index in [0.717, 1.165) is 11.3 Å². The van der Waals surface area contributed by atoms with Gasteiger partial charge in [0, 0.05) is 35.6 Å². The summed E-state index contributed by atoms with van der Waals surface area (Å²) in [5, 5.41) is 14.4. The third-order valence-electron chi connectivity index (χ3n) is 2.74. The van der Waals surface area contributed by atoms with Crippen LogP contribution in [0.5, 0.6) is 0 Å². The van der Waals surface area contributed by atoms with E-state index in [-0.39, 0.29) is 5.69 Å². The van der Waals surface area contributed by atoms with E-state index in [1.54, 1.807) is 18.3 Å². The zero-order valence-corrected chi connectivity index (χ0v) is 12.0. The molecule has 5 nitrogen and oxygen atoms in total. The highest BCUT2D eigenvalue weighted by molar-refractivity contribution is 6.30. The molecule has 0 fully saturated rings. The third-order valence-corrected chi connectivity index (χ3v) is 2.97. The van der Waals surface area contributed by atoms with Gasteiger partial charge in [0.2, 0.25) is 0 Å². The fourth-order valence-electron chi connectivity index (χ4n) is 1.72. The molecule has 0 amide bonds. The van der Waals surface area contributed by atoms with Gasteiger partial charge in [0.1, 0.15) is 0 Å². The highest BCUT2D eigenvalue weighted by Crippen LogP contribution is 2.14. The van der Waals surface area contributed by atoms with Crippen LogP contribution in [0, 0.1) is 10.1 Å². The molecule has 2 aromatic rings. The van der Waals surface area contributed by atoms with Crippen molar-refractivity contribution in [1.29, 1.82) is 0 Å². The zero-order chi connectivity index (χ0) is 15.1. The van der Waals surface area contributed by atoms with Crippen molar-refractivity contribution < 1.29 is 4.92 Å². The number of nitrogens with zero attached hydrogens (tertiary/aromatic N) is 2. The first-order valence-corrected chi connectivity index (χ1v) is 6.77. The molecule has 0 unspecified atom stereocenters. The predicted molar refractivity (Wildman–Crippen MR) is 85.5 cm³/mol. The summed E-state index contributed by atoms with van der Waals surface area (Å²) in [6.07, 6.45) is 1.70. The molecule has 108 valence electrons. The summed E-state index contributed by atoms with van der Waals surface area (Å²) < 4.78 is 0. The third kappa shape index (κ3) is 4.89. The van der Waals surface area contributed by atoms with Gasteiger partial charge in [-0.25, -0.2) is 0 Å². The number of aliphatic imine (C=N–C) groups is 1. The van der Waals surface area contributed by atoms with Crippen molar-refractivity contribution in [3.63, 3.8) is 0 Å². The molecule has 2 rings (SSSR count). The Bertz CT molecular complexity index is 642. The molecule has 2 aromatic carbocycles. The fourth-order valence-corrected chi connectivity index (χ4v) is 1.91. The average Bonchev–Trinajstić information content (AvgIpc) is 2.47. The van der Waals surface area contributed by atoms with Gasteiger partial charge in [-0.3, -0.25) is 15.1 Å². The van der Waals surface area contributed by atoms with Gasteiger partial charge in [0.15, 0.2) is 0 Å². The smallest absolute Gasteiger partial charge is 0.269 e. The van der Waals surface area contributed by atoms with E-state index in [2.05, 4.69) is 10.3 Å². The number of anilines is 1. The van der Waals surface area contributed by atoms with Crippen molar-refractivity contribution in [2.24, 2.45) is 4.99 Å². The number of hydrogen-bond donors (Lipinski definition) is 1. The monoisotopic (exact) mass is 303 g/mol. The average molecular weight is 304 g/mol. The summed E-state index contributed by atoms with van der Waals surface area (Å²) in [6.45, 7) is 1.29. The van der Waals surface area contributed by atoms with Crippen LogP contribution >= 0.6 is 11.6 Å². The van der Waals surface area contributed by atoms with E-state index in [9.17, 15) is 10.1 Å². The van der Waals surface area contributed by atoms with Gasteiger partial charge in [-0.15, -0.1) is 0 Å². The molecule has 0 aliphatic rings. The molecular formula is C15H14ClN3O2. The molecule has 0 saturated heterocycles. The minimum absolute atomic E-state index is 0.0785. The lowest BCUT2D eigenvalue weighted by Crippen LogP contribution is -2.04. The number of hydrogen-bond acceptors (Lipinski definition) is 4. The van der Waals surface area contributed by atoms with Crippen LogP contribution in [0.4, 0.5) is 11.4 Å². The molecule has 0 spiro atoms. The minimum Gasteiger partial charge on any atom is -0.383 e. The molecule has 0 aliphatic carbocycles. The summed E-state index contributed by atoms with van der Waals surface area (Å²) in [6, 6.07) is 13.8. The second-order valence-corrected chi connectivity index (χ2v) is 4.76. The zero-order valence-electron chi connectivity index (χ0n) is 11.2. The highest BCUT2D eigenvalue weighted by Gasteiger charge is 2.02. The number of nitro benzene ring substituents is 1. The lowest BCUT2D eigenvalue weighted by molar-refractivity contribution is -0.384. The standard InChI is InChI=1S/C15H14ClN3O2/c16-13-2-1-3-14(10-13)18-9-8-17-11-12-4-6-15(7-5-12)19(20)21/h1-7,10-11,18H,8-9H2. The quantitative estimate of drug-likeness (QED) is 0.382. The molecule has 0 heterocycles. The van der Waals surface area contributed by atoms with Gasteiger partial charge in [0.05, 0.1) is 11.5 Å². The maximum atomic E-state index is 10.5. The van der Waals surface area contributed by atoms with Gasteiger partial charge in [-0.05, 0) is 35.9 Å². The van der Waals surface area contributed by atoms with Gasteiger partial charge < -0.3 is 5.32 Å². The fraction of sp³-hybridized carbons (Fsp3) is 0.133. The highest BCUT2D eigenvalue weighted by atomic mass is 35.5. The first-order chi connectivity index (χ1) is 10.1. The van der Waals surface area contributed by atoms with Crippen molar-refractivity contribution in [3.8, 4) is 0 Å². The Hall–Kier alpha value is -2.40. The Morgan fingerprint density at radius 1 is 1.24 bits per heavy atom. The lowest BCUT2D eigenvalue weighted by atomic mass is 10.2. The molecule has 0 radical (unpaired) electrons. The largest absolute Gasteiger partial charge is 0.383 e. The molecule has 1 N–H and O–H groups in total. The number of halogens is 1. The molecule has 21 heavy (non-hydrogen) atoms. The molecule has 6 heteroatoms. The van der Waals surface area contributed by atoms with Gasteiger partial charge in [0.25, 0.3) is 5.69 Å². The second-order valence-electron chi connectivity index (χ2n) is 4.32. The SMILES string of the molecule is O=[N+]([O-])c1ccc(C=NCCNc2cccc(Cl)c2)cc1. The maximum Gasteiger partial charge on any atom is 0.269 e. The van der Waals surface area contributed by atoms with Crippen molar-refractivity contribution in [2.75, 3.05) is 18.4 Å². The number of nitrogens with one attached hydrogen (secondary N) is 1. The Kier molecular flexibility index (Phi) is 5.29. The number of nitro groups is 1. The van der Waals surface area contributed by atoms with Crippen LogP contribution in [0.3, 0.4) is 0 Å². The summed E-state index contributed by atoms with van der Waals surface area (Å²) in [7, 11) is 0. The molecule has 0 saturated carbocycles. The van der Waals surface area contributed by atoms with Crippen LogP contribution in [0.15, 0.2) is 53.5 Å². The van der Waals surface area contributed by atoms with Crippen molar-refractivity contribution in [1.82, 2.24) is 0 Å². The Morgan fingerprint density at radius 2 is 2.00 bits per heavy atom. The summed E-state index contributed by atoms with van der Waals surface area (Å²) in [4.78, 5) is 14.4. The Morgan fingerprint density at radius 3 is 2.67 bits per heavy atom.